The van der Waals surface area contributed by atoms with Crippen LogP contribution in [0.2, 0.25) is 0 Å². The van der Waals surface area contributed by atoms with Gasteiger partial charge in [0, 0.05) is 13.0 Å². The fourth-order valence-corrected chi connectivity index (χ4v) is 4.02. The summed E-state index contributed by atoms with van der Waals surface area (Å²) in [4.78, 5) is 16.7. The molecule has 0 saturated carbocycles. The third kappa shape index (κ3) is 2.70. The van der Waals surface area contributed by atoms with Crippen molar-refractivity contribution in [3.05, 3.63) is 59.2 Å². The molecule has 1 atom stereocenters. The van der Waals surface area contributed by atoms with Crippen molar-refractivity contribution in [2.45, 2.75) is 25.6 Å². The first-order chi connectivity index (χ1) is 12.6. The molecule has 134 valence electrons. The van der Waals surface area contributed by atoms with E-state index >= 15 is 0 Å². The van der Waals surface area contributed by atoms with Crippen LogP contribution in [0.15, 0.2) is 42.5 Å². The Morgan fingerprint density at radius 2 is 1.73 bits per heavy atom. The molecule has 0 aromatic heterocycles. The van der Waals surface area contributed by atoms with Gasteiger partial charge in [0.1, 0.15) is 6.04 Å². The van der Waals surface area contributed by atoms with Crippen LogP contribution in [0.25, 0.3) is 0 Å². The Morgan fingerprint density at radius 3 is 2.38 bits per heavy atom. The van der Waals surface area contributed by atoms with E-state index in [0.29, 0.717) is 36.1 Å². The average molecular weight is 368 g/mol. The molecule has 6 heteroatoms. The number of carbonyl (C=O) groups is 1. The highest BCUT2D eigenvalue weighted by molar-refractivity contribution is 7.80. The van der Waals surface area contributed by atoms with E-state index in [2.05, 4.69) is 0 Å². The zero-order valence-electron chi connectivity index (χ0n) is 14.8. The predicted molar refractivity (Wildman–Crippen MR) is 102 cm³/mol. The van der Waals surface area contributed by atoms with Gasteiger partial charge in [0.2, 0.25) is 0 Å². The molecule has 4 rings (SSSR count). The number of benzene rings is 2. The van der Waals surface area contributed by atoms with Gasteiger partial charge in [0.15, 0.2) is 16.6 Å². The summed E-state index contributed by atoms with van der Waals surface area (Å²) in [6, 6.07) is 13.7. The maximum Gasteiger partial charge on any atom is 0.252 e. The van der Waals surface area contributed by atoms with Crippen LogP contribution in [0.5, 0.6) is 11.5 Å². The first-order valence-electron chi connectivity index (χ1n) is 8.52. The van der Waals surface area contributed by atoms with E-state index in [-0.39, 0.29) is 11.9 Å². The Hall–Kier alpha value is -2.60. The second kappa shape index (κ2) is 6.61. The summed E-state index contributed by atoms with van der Waals surface area (Å²) in [7, 11) is 3.25. The van der Waals surface area contributed by atoms with Crippen molar-refractivity contribution >= 4 is 23.2 Å². The lowest BCUT2D eigenvalue weighted by atomic mass is 9.94. The predicted octanol–water partition coefficient (Wildman–Crippen LogP) is 2.76. The molecule has 26 heavy (non-hydrogen) atoms. The summed E-state index contributed by atoms with van der Waals surface area (Å²) >= 11 is 5.63. The molecule has 0 unspecified atom stereocenters. The summed E-state index contributed by atoms with van der Waals surface area (Å²) in [5.41, 5.74) is 3.31. The minimum absolute atomic E-state index is 0.0688. The van der Waals surface area contributed by atoms with E-state index in [1.54, 1.807) is 19.1 Å². The van der Waals surface area contributed by atoms with Crippen LogP contribution in [0.3, 0.4) is 0 Å². The number of hydrogen-bond acceptors (Lipinski definition) is 4. The Kier molecular flexibility index (Phi) is 4.28. The smallest absolute Gasteiger partial charge is 0.252 e. The van der Waals surface area contributed by atoms with Crippen molar-refractivity contribution in [3.63, 3.8) is 0 Å². The van der Waals surface area contributed by atoms with Gasteiger partial charge in [-0.15, -0.1) is 0 Å². The van der Waals surface area contributed by atoms with Crippen molar-refractivity contribution < 1.29 is 14.3 Å². The fourth-order valence-electron chi connectivity index (χ4n) is 3.67. The van der Waals surface area contributed by atoms with Crippen molar-refractivity contribution in [1.82, 2.24) is 9.80 Å². The topological polar surface area (TPSA) is 42.0 Å². The zero-order valence-corrected chi connectivity index (χ0v) is 15.6. The molecule has 1 saturated heterocycles. The molecular weight excluding hydrogens is 348 g/mol. The largest absolute Gasteiger partial charge is 0.493 e. The number of rotatable bonds is 4. The molecule has 0 bridgehead atoms. The molecule has 2 aromatic carbocycles. The van der Waals surface area contributed by atoms with Gasteiger partial charge in [-0.2, -0.15) is 0 Å². The Balaban J connectivity index is 1.63. The van der Waals surface area contributed by atoms with Crippen molar-refractivity contribution in [2.24, 2.45) is 0 Å². The molecule has 1 amide bonds. The van der Waals surface area contributed by atoms with Gasteiger partial charge in [0.05, 0.1) is 20.8 Å². The number of nitrogens with zero attached hydrogens (tertiary/aromatic N) is 2. The molecule has 0 radical (unpaired) electrons. The summed E-state index contributed by atoms with van der Waals surface area (Å²) in [6.07, 6.45) is 0.625. The third-order valence-electron chi connectivity index (χ3n) is 5.05. The van der Waals surface area contributed by atoms with Crippen molar-refractivity contribution in [2.75, 3.05) is 14.2 Å². The molecule has 0 aliphatic carbocycles. The maximum absolute atomic E-state index is 13.0. The number of fused-ring (bicyclic) bond motifs is 2. The second-order valence-corrected chi connectivity index (χ2v) is 6.88. The molecule has 2 aliphatic heterocycles. The number of ether oxygens (including phenoxy) is 2. The zero-order chi connectivity index (χ0) is 18.3. The number of amides is 1. The lowest BCUT2D eigenvalue weighted by molar-refractivity contribution is -0.128. The van der Waals surface area contributed by atoms with Gasteiger partial charge < -0.3 is 14.4 Å². The van der Waals surface area contributed by atoms with E-state index in [1.807, 2.05) is 47.4 Å². The SMILES string of the molecule is COc1cc2c(cc1OC)CN1C(=S)N(Cc3ccccc3)C(=O)[C@@H]1C2. The summed E-state index contributed by atoms with van der Waals surface area (Å²) in [5, 5.41) is 0.601. The number of thiocarbonyl (C=S) groups is 1. The van der Waals surface area contributed by atoms with Gasteiger partial charge in [-0.3, -0.25) is 9.69 Å². The third-order valence-corrected chi connectivity index (χ3v) is 5.50. The molecule has 0 N–H and O–H groups in total. The highest BCUT2D eigenvalue weighted by Crippen LogP contribution is 2.37. The monoisotopic (exact) mass is 368 g/mol. The van der Waals surface area contributed by atoms with Gasteiger partial charge in [-0.1, -0.05) is 30.3 Å². The molecule has 1 fully saturated rings. The van der Waals surface area contributed by atoms with Gasteiger partial charge in [-0.25, -0.2) is 0 Å². The molecular formula is C20H20N2O3S. The van der Waals surface area contributed by atoms with Crippen molar-refractivity contribution in [3.8, 4) is 11.5 Å². The lowest BCUT2D eigenvalue weighted by Gasteiger charge is -2.31. The lowest BCUT2D eigenvalue weighted by Crippen LogP contribution is -2.40. The van der Waals surface area contributed by atoms with E-state index in [0.717, 1.165) is 16.7 Å². The van der Waals surface area contributed by atoms with Crippen molar-refractivity contribution in [1.29, 1.82) is 0 Å². The highest BCUT2D eigenvalue weighted by Gasteiger charge is 2.44. The van der Waals surface area contributed by atoms with Crippen LogP contribution in [0.4, 0.5) is 0 Å². The molecule has 2 heterocycles. The standard InChI is InChI=1S/C20H20N2O3S/c1-24-17-9-14-8-16-19(23)22(11-13-6-4-3-5-7-13)20(26)21(16)12-15(14)10-18(17)25-2/h3-7,9-10,16H,8,11-12H2,1-2H3/t16-/m0/s1. The Morgan fingerprint density at radius 1 is 1.08 bits per heavy atom. The van der Waals surface area contributed by atoms with Gasteiger partial charge >= 0.3 is 0 Å². The summed E-state index contributed by atoms with van der Waals surface area (Å²) in [5.74, 6) is 1.45. The normalized spacial score (nSPS) is 18.6. The number of carbonyl (C=O) groups excluding carboxylic acids is 1. The van der Waals surface area contributed by atoms with Crippen LogP contribution in [-0.2, 0) is 24.3 Å². The Bertz CT molecular complexity index is 818. The first kappa shape index (κ1) is 16.8. The van der Waals surface area contributed by atoms with Crippen LogP contribution in [0, 0.1) is 0 Å². The van der Waals surface area contributed by atoms with E-state index in [1.165, 1.54) is 0 Å². The van der Waals surface area contributed by atoms with Crippen LogP contribution in [-0.4, -0.2) is 41.1 Å². The number of methoxy groups -OCH3 is 2. The first-order valence-corrected chi connectivity index (χ1v) is 8.93. The van der Waals surface area contributed by atoms with Crippen LogP contribution < -0.4 is 9.47 Å². The highest BCUT2D eigenvalue weighted by atomic mass is 32.1. The van der Waals surface area contributed by atoms with Gasteiger partial charge in [-0.05, 0) is 41.0 Å². The second-order valence-electron chi connectivity index (χ2n) is 6.52. The molecule has 2 aromatic rings. The van der Waals surface area contributed by atoms with Gasteiger partial charge in [0.25, 0.3) is 5.91 Å². The minimum atomic E-state index is -0.239. The summed E-state index contributed by atoms with van der Waals surface area (Å²) < 4.78 is 10.8. The van der Waals surface area contributed by atoms with Crippen LogP contribution >= 0.6 is 12.2 Å². The minimum Gasteiger partial charge on any atom is -0.493 e. The van der Waals surface area contributed by atoms with E-state index < -0.39 is 0 Å². The van der Waals surface area contributed by atoms with Crippen LogP contribution in [0.1, 0.15) is 16.7 Å². The maximum atomic E-state index is 13.0. The quantitative estimate of drug-likeness (QED) is 0.777. The number of hydrogen-bond donors (Lipinski definition) is 0. The molecule has 5 nitrogen and oxygen atoms in total. The van der Waals surface area contributed by atoms with E-state index in [4.69, 9.17) is 21.7 Å². The average Bonchev–Trinajstić information content (AvgIpc) is 2.90. The Labute approximate surface area is 158 Å². The fraction of sp³-hybridized carbons (Fsp3) is 0.300. The summed E-state index contributed by atoms with van der Waals surface area (Å²) in [6.45, 7) is 1.12. The molecule has 2 aliphatic rings. The van der Waals surface area contributed by atoms with E-state index in [9.17, 15) is 4.79 Å². The molecule has 0 spiro atoms.